The van der Waals surface area contributed by atoms with Gasteiger partial charge in [-0.3, -0.25) is 4.79 Å². The first-order chi connectivity index (χ1) is 16.0. The van der Waals surface area contributed by atoms with Crippen LogP contribution in [0, 0.1) is 13.8 Å². The van der Waals surface area contributed by atoms with E-state index in [0.717, 1.165) is 22.4 Å². The Morgan fingerprint density at radius 3 is 2.76 bits per heavy atom. The summed E-state index contributed by atoms with van der Waals surface area (Å²) in [5.74, 6) is 2.05. The van der Waals surface area contributed by atoms with Crippen LogP contribution in [0.25, 0.3) is 28.2 Å². The van der Waals surface area contributed by atoms with Crippen molar-refractivity contribution in [2.75, 3.05) is 6.79 Å². The highest BCUT2D eigenvalue weighted by molar-refractivity contribution is 5.68. The van der Waals surface area contributed by atoms with Crippen LogP contribution in [0.4, 0.5) is 0 Å². The van der Waals surface area contributed by atoms with E-state index in [0.29, 0.717) is 28.7 Å². The molecule has 9 heteroatoms. The quantitative estimate of drug-likeness (QED) is 0.420. The van der Waals surface area contributed by atoms with Gasteiger partial charge in [0.05, 0.1) is 12.2 Å². The zero-order valence-corrected chi connectivity index (χ0v) is 18.0. The lowest BCUT2D eigenvalue weighted by molar-refractivity contribution is 0.174. The summed E-state index contributed by atoms with van der Waals surface area (Å²) in [4.78, 5) is 17.5. The zero-order valence-electron chi connectivity index (χ0n) is 18.0. The summed E-state index contributed by atoms with van der Waals surface area (Å²) in [5.41, 5.74) is 5.06. The van der Waals surface area contributed by atoms with Crippen LogP contribution in [0.1, 0.15) is 17.0 Å². The van der Waals surface area contributed by atoms with E-state index in [-0.39, 0.29) is 18.9 Å². The number of rotatable bonds is 4. The Morgan fingerprint density at radius 2 is 1.88 bits per heavy atom. The van der Waals surface area contributed by atoms with E-state index < -0.39 is 0 Å². The Balaban J connectivity index is 1.30. The number of hydrogen-bond acceptors (Lipinski definition) is 7. The predicted molar refractivity (Wildman–Crippen MR) is 119 cm³/mol. The van der Waals surface area contributed by atoms with E-state index >= 15 is 0 Å². The Labute approximate surface area is 187 Å². The Morgan fingerprint density at radius 1 is 1.00 bits per heavy atom. The average Bonchev–Trinajstić information content (AvgIpc) is 3.54. The SMILES string of the molecule is Cc1ccc(-c2cc3c(=O)n(Cc4noc(-c5ccc6c(c5)OCO6)n4)ccn3n2)c(C)c1. The first kappa shape index (κ1) is 19.3. The molecule has 9 nitrogen and oxygen atoms in total. The molecule has 0 bridgehead atoms. The third-order valence-corrected chi connectivity index (χ3v) is 5.66. The van der Waals surface area contributed by atoms with Crippen molar-refractivity contribution in [3.8, 4) is 34.2 Å². The molecule has 1 aliphatic heterocycles. The van der Waals surface area contributed by atoms with Gasteiger partial charge >= 0.3 is 0 Å². The lowest BCUT2D eigenvalue weighted by Crippen LogP contribution is -2.22. The van der Waals surface area contributed by atoms with Gasteiger partial charge in [-0.15, -0.1) is 0 Å². The Kier molecular flexibility index (Phi) is 4.29. The van der Waals surface area contributed by atoms with Gasteiger partial charge < -0.3 is 18.6 Å². The molecule has 0 amide bonds. The molecule has 4 heterocycles. The molecule has 5 aromatic rings. The highest BCUT2D eigenvalue weighted by atomic mass is 16.7. The monoisotopic (exact) mass is 441 g/mol. The number of benzene rings is 2. The largest absolute Gasteiger partial charge is 0.454 e. The summed E-state index contributed by atoms with van der Waals surface area (Å²) in [7, 11) is 0. The summed E-state index contributed by atoms with van der Waals surface area (Å²) in [6, 6.07) is 13.4. The molecule has 0 N–H and O–H groups in total. The maximum atomic E-state index is 13.1. The van der Waals surface area contributed by atoms with Gasteiger partial charge in [0.2, 0.25) is 6.79 Å². The average molecular weight is 441 g/mol. The molecular weight excluding hydrogens is 422 g/mol. The fraction of sp³-hybridized carbons (Fsp3) is 0.167. The smallest absolute Gasteiger partial charge is 0.277 e. The maximum Gasteiger partial charge on any atom is 0.277 e. The minimum absolute atomic E-state index is 0.174. The lowest BCUT2D eigenvalue weighted by Gasteiger charge is -2.03. The topological polar surface area (TPSA) is 96.7 Å². The van der Waals surface area contributed by atoms with Gasteiger partial charge in [-0.25, -0.2) is 4.52 Å². The van der Waals surface area contributed by atoms with Crippen LogP contribution < -0.4 is 15.0 Å². The van der Waals surface area contributed by atoms with Crippen LogP contribution in [0.3, 0.4) is 0 Å². The highest BCUT2D eigenvalue weighted by Crippen LogP contribution is 2.35. The van der Waals surface area contributed by atoms with Crippen LogP contribution in [0.5, 0.6) is 11.5 Å². The summed E-state index contributed by atoms with van der Waals surface area (Å²) in [6.45, 7) is 4.46. The summed E-state index contributed by atoms with van der Waals surface area (Å²) in [5, 5.41) is 8.62. The van der Waals surface area contributed by atoms with Gasteiger partial charge in [-0.05, 0) is 43.7 Å². The Bertz CT molecular complexity index is 1580. The number of aromatic nitrogens is 5. The first-order valence-corrected chi connectivity index (χ1v) is 10.4. The van der Waals surface area contributed by atoms with Crippen molar-refractivity contribution >= 4 is 5.52 Å². The first-order valence-electron chi connectivity index (χ1n) is 10.4. The molecule has 0 aliphatic carbocycles. The molecule has 0 radical (unpaired) electrons. The van der Waals surface area contributed by atoms with Crippen LogP contribution in [0.2, 0.25) is 0 Å². The van der Waals surface area contributed by atoms with E-state index in [9.17, 15) is 4.79 Å². The summed E-state index contributed by atoms with van der Waals surface area (Å²) in [6.07, 6.45) is 3.42. The van der Waals surface area contributed by atoms with Crippen LogP contribution in [-0.2, 0) is 6.54 Å². The molecule has 0 unspecified atom stereocenters. The minimum atomic E-state index is -0.185. The number of ether oxygens (including phenoxy) is 2. The number of fused-ring (bicyclic) bond motifs is 2. The molecule has 2 aromatic carbocycles. The number of aryl methyl sites for hydroxylation is 2. The lowest BCUT2D eigenvalue weighted by atomic mass is 10.0. The molecule has 33 heavy (non-hydrogen) atoms. The molecular formula is C24H19N5O4. The van der Waals surface area contributed by atoms with E-state index in [1.54, 1.807) is 29.0 Å². The molecule has 3 aromatic heterocycles. The molecule has 0 saturated carbocycles. The molecule has 6 rings (SSSR count). The fourth-order valence-corrected chi connectivity index (χ4v) is 4.00. The normalized spacial score (nSPS) is 12.5. The number of hydrogen-bond donors (Lipinski definition) is 0. The van der Waals surface area contributed by atoms with E-state index in [1.807, 2.05) is 31.2 Å². The molecule has 0 atom stereocenters. The second-order valence-electron chi connectivity index (χ2n) is 7.99. The Hall–Kier alpha value is -4.40. The molecule has 0 saturated heterocycles. The van der Waals surface area contributed by atoms with E-state index in [4.69, 9.17) is 14.0 Å². The second-order valence-corrected chi connectivity index (χ2v) is 7.99. The van der Waals surface area contributed by atoms with Gasteiger partial charge in [-0.1, -0.05) is 28.9 Å². The summed E-state index contributed by atoms with van der Waals surface area (Å²) < 4.78 is 19.3. The second kappa shape index (κ2) is 7.33. The summed E-state index contributed by atoms with van der Waals surface area (Å²) >= 11 is 0. The van der Waals surface area contributed by atoms with Crippen LogP contribution >= 0.6 is 0 Å². The van der Waals surface area contributed by atoms with Gasteiger partial charge in [-0.2, -0.15) is 10.1 Å². The minimum Gasteiger partial charge on any atom is -0.454 e. The molecule has 1 aliphatic rings. The van der Waals surface area contributed by atoms with Gasteiger partial charge in [0, 0.05) is 23.5 Å². The van der Waals surface area contributed by atoms with E-state index in [2.05, 4.69) is 28.2 Å². The van der Waals surface area contributed by atoms with Crippen molar-refractivity contribution in [3.05, 3.63) is 82.2 Å². The predicted octanol–water partition coefficient (Wildman–Crippen LogP) is 3.61. The molecule has 164 valence electrons. The van der Waals surface area contributed by atoms with Crippen molar-refractivity contribution in [1.29, 1.82) is 0 Å². The van der Waals surface area contributed by atoms with E-state index in [1.165, 1.54) is 10.1 Å². The maximum absolute atomic E-state index is 13.1. The van der Waals surface area contributed by atoms with Crippen molar-refractivity contribution in [2.45, 2.75) is 20.4 Å². The standard InChI is InChI=1S/C24H19N5O4/c1-14-3-5-17(15(2)9-14)18-11-19-24(30)28(7-8-29(19)26-18)12-22-25-23(33-27-22)16-4-6-20-21(10-16)32-13-31-20/h3-11H,12-13H2,1-2H3. The molecule has 0 fully saturated rings. The van der Waals surface area contributed by atoms with Gasteiger partial charge in [0.25, 0.3) is 11.4 Å². The van der Waals surface area contributed by atoms with Crippen molar-refractivity contribution in [3.63, 3.8) is 0 Å². The third-order valence-electron chi connectivity index (χ3n) is 5.66. The fourth-order valence-electron chi connectivity index (χ4n) is 4.00. The van der Waals surface area contributed by atoms with Crippen LogP contribution in [0.15, 0.2) is 64.2 Å². The third kappa shape index (κ3) is 3.34. The van der Waals surface area contributed by atoms with Crippen molar-refractivity contribution in [2.24, 2.45) is 0 Å². The van der Waals surface area contributed by atoms with Gasteiger partial charge in [0.15, 0.2) is 17.3 Å². The van der Waals surface area contributed by atoms with Crippen molar-refractivity contribution < 1.29 is 14.0 Å². The molecule has 0 spiro atoms. The zero-order chi connectivity index (χ0) is 22.5. The highest BCUT2D eigenvalue weighted by Gasteiger charge is 2.18. The van der Waals surface area contributed by atoms with Gasteiger partial charge in [0.1, 0.15) is 5.52 Å². The number of nitrogens with zero attached hydrogens (tertiary/aromatic N) is 5. The van der Waals surface area contributed by atoms with Crippen LogP contribution in [-0.4, -0.2) is 31.1 Å². The van der Waals surface area contributed by atoms with Crippen molar-refractivity contribution in [1.82, 2.24) is 24.3 Å².